The van der Waals surface area contributed by atoms with Crippen LogP contribution in [0.3, 0.4) is 0 Å². The summed E-state index contributed by atoms with van der Waals surface area (Å²) in [5.74, 6) is -1.16. The number of aromatic amines is 1. The fourth-order valence-electron chi connectivity index (χ4n) is 5.43. The van der Waals surface area contributed by atoms with Gasteiger partial charge >= 0.3 is 18.8 Å². The molecule has 1 atom stereocenters. The van der Waals surface area contributed by atoms with Crippen molar-refractivity contribution in [1.29, 1.82) is 0 Å². The van der Waals surface area contributed by atoms with E-state index in [4.69, 9.17) is 37.4 Å². The number of esters is 1. The molecule has 2 heterocycles. The summed E-state index contributed by atoms with van der Waals surface area (Å²) in [7, 11) is -4.27. The van der Waals surface area contributed by atoms with Gasteiger partial charge in [0.25, 0.3) is 0 Å². The summed E-state index contributed by atoms with van der Waals surface area (Å²) in [4.78, 5) is 18.4. The van der Waals surface area contributed by atoms with Crippen LogP contribution in [0.25, 0.3) is 0 Å². The van der Waals surface area contributed by atoms with Crippen LogP contribution in [-0.2, 0) is 32.1 Å². The van der Waals surface area contributed by atoms with Crippen molar-refractivity contribution in [2.24, 2.45) is 5.92 Å². The maximum atomic E-state index is 14.3. The minimum Gasteiger partial charge on any atom is -0.870 e. The molecule has 52 heavy (non-hydrogen) atoms. The number of pyridine rings is 1. The maximum absolute atomic E-state index is 14.3. The predicted molar refractivity (Wildman–Crippen MR) is 179 cm³/mol. The lowest BCUT2D eigenvalue weighted by Crippen LogP contribution is -2.43. The van der Waals surface area contributed by atoms with Crippen molar-refractivity contribution in [1.82, 2.24) is 4.90 Å². The number of carbonyl (C=O) groups is 1. The molecule has 1 aliphatic carbocycles. The molecule has 2 aliphatic rings. The van der Waals surface area contributed by atoms with Crippen molar-refractivity contribution in [2.75, 3.05) is 56.6 Å². The Balaban J connectivity index is 0.00000605. The Morgan fingerprint density at radius 1 is 1.06 bits per heavy atom. The molecule has 1 saturated heterocycles. The number of benzene rings is 2. The Morgan fingerprint density at radius 2 is 1.73 bits per heavy atom. The molecule has 2 N–H and O–H groups in total. The minimum absolute atomic E-state index is 0. The van der Waals surface area contributed by atoms with Crippen molar-refractivity contribution in [3.8, 4) is 11.5 Å². The average Bonchev–Trinajstić information content (AvgIpc) is 3.89. The third-order valence-corrected chi connectivity index (χ3v) is 10.1. The van der Waals surface area contributed by atoms with Crippen molar-refractivity contribution >= 4 is 44.9 Å². The second-order valence-electron chi connectivity index (χ2n) is 12.1. The summed E-state index contributed by atoms with van der Waals surface area (Å²) in [6, 6.07) is 6.28. The highest BCUT2D eigenvalue weighted by atomic mass is 35.5. The van der Waals surface area contributed by atoms with Gasteiger partial charge in [-0.05, 0) is 54.7 Å². The first-order chi connectivity index (χ1) is 24.1. The van der Waals surface area contributed by atoms with E-state index in [1.165, 1.54) is 30.6 Å². The number of hydrogen-bond donors (Lipinski definition) is 0. The fraction of sp³-hybridized carbons (Fsp3) is 0.455. The van der Waals surface area contributed by atoms with Crippen molar-refractivity contribution in [3.05, 3.63) is 81.1 Å². The first-order valence-corrected chi connectivity index (χ1v) is 18.5. The van der Waals surface area contributed by atoms with Crippen LogP contribution in [-0.4, -0.2) is 83.6 Å². The molecule has 0 amide bonds. The van der Waals surface area contributed by atoms with Crippen molar-refractivity contribution < 1.29 is 64.6 Å². The Bertz CT molecular complexity index is 1790. The van der Waals surface area contributed by atoms with Gasteiger partial charge in [0.1, 0.15) is 16.1 Å². The molecule has 286 valence electrons. The van der Waals surface area contributed by atoms with E-state index in [1.807, 2.05) is 4.90 Å². The third-order valence-electron chi connectivity index (χ3n) is 8.29. The monoisotopic (exact) mass is 799 g/mol. The van der Waals surface area contributed by atoms with Crippen LogP contribution in [0.1, 0.15) is 46.0 Å². The van der Waals surface area contributed by atoms with Gasteiger partial charge in [-0.15, -0.1) is 0 Å². The molecule has 0 spiro atoms. The number of H-pyrrole nitrogens is 1. The lowest BCUT2D eigenvalue weighted by atomic mass is 10.0. The van der Waals surface area contributed by atoms with E-state index < -0.39 is 46.1 Å². The van der Waals surface area contributed by atoms with E-state index in [-0.39, 0.29) is 70.2 Å². The van der Waals surface area contributed by atoms with Crippen molar-refractivity contribution in [2.45, 2.75) is 38.2 Å². The minimum atomic E-state index is -4.97. The summed E-state index contributed by atoms with van der Waals surface area (Å²) in [6.07, 6.45) is -0.900. The average molecular weight is 801 g/mol. The van der Waals surface area contributed by atoms with Gasteiger partial charge in [0.15, 0.2) is 23.9 Å². The van der Waals surface area contributed by atoms with E-state index in [1.54, 1.807) is 0 Å². The zero-order chi connectivity index (χ0) is 36.9. The summed E-state index contributed by atoms with van der Waals surface area (Å²) in [6.45, 7) is -1.43. The first kappa shape index (κ1) is 41.3. The highest BCUT2D eigenvalue weighted by Crippen LogP contribution is 2.40. The number of sulfonamides is 1. The Morgan fingerprint density at radius 3 is 2.33 bits per heavy atom. The number of alkyl halides is 5. The number of aromatic nitrogens is 1. The summed E-state index contributed by atoms with van der Waals surface area (Å²) < 4.78 is 117. The molecule has 0 bridgehead atoms. The molecule has 1 saturated carbocycles. The number of nitrogens with one attached hydrogen (secondary N) is 1. The number of anilines is 1. The summed E-state index contributed by atoms with van der Waals surface area (Å²) >= 11 is 12.8. The fourth-order valence-corrected chi connectivity index (χ4v) is 6.89. The Kier molecular flexibility index (Phi) is 13.9. The quantitative estimate of drug-likeness (QED) is 0.129. The van der Waals surface area contributed by atoms with E-state index in [2.05, 4.69) is 9.72 Å². The third kappa shape index (κ3) is 11.0. The van der Waals surface area contributed by atoms with Gasteiger partial charge in [-0.2, -0.15) is 22.0 Å². The molecule has 0 unspecified atom stereocenters. The number of morpholine rings is 1. The first-order valence-electron chi connectivity index (χ1n) is 15.9. The molecule has 1 aliphatic heterocycles. The number of hydrogen-bond acceptors (Lipinski definition) is 9. The van der Waals surface area contributed by atoms with Crippen LogP contribution in [0.5, 0.6) is 11.5 Å². The van der Waals surface area contributed by atoms with Crippen LogP contribution in [0.4, 0.5) is 27.6 Å². The zero-order valence-electron chi connectivity index (χ0n) is 27.7. The number of halogens is 7. The number of carbonyl (C=O) groups excluding carboxylic acids is 1. The van der Waals surface area contributed by atoms with Gasteiger partial charge in [-0.3, -0.25) is 9.21 Å². The number of ether oxygens (including phenoxy) is 4. The summed E-state index contributed by atoms with van der Waals surface area (Å²) in [5, 5.41) is 0.347. The molecular formula is C33H36Cl2F5N3O8S. The second-order valence-corrected chi connectivity index (χ2v) is 14.8. The van der Waals surface area contributed by atoms with Crippen LogP contribution in [0.15, 0.2) is 48.8 Å². The lowest BCUT2D eigenvalue weighted by Gasteiger charge is -2.31. The Hall–Kier alpha value is -3.48. The Labute approximate surface area is 306 Å². The molecule has 11 nitrogen and oxygen atoms in total. The second kappa shape index (κ2) is 17.6. The molecule has 2 fully saturated rings. The molecule has 2 aromatic carbocycles. The van der Waals surface area contributed by atoms with Crippen LogP contribution >= 0.6 is 23.2 Å². The molecular weight excluding hydrogens is 764 g/mol. The van der Waals surface area contributed by atoms with Gasteiger partial charge in [0.2, 0.25) is 10.0 Å². The largest absolute Gasteiger partial charge is 0.870 e. The van der Waals surface area contributed by atoms with E-state index >= 15 is 0 Å². The lowest BCUT2D eigenvalue weighted by molar-refractivity contribution is -0.377. The highest BCUT2D eigenvalue weighted by Gasteiger charge is 2.38. The molecule has 5 rings (SSSR count). The van der Waals surface area contributed by atoms with Crippen LogP contribution in [0, 0.1) is 5.92 Å². The molecule has 1 aromatic heterocycles. The predicted octanol–water partition coefficient (Wildman–Crippen LogP) is 6.28. The highest BCUT2D eigenvalue weighted by molar-refractivity contribution is 7.92. The van der Waals surface area contributed by atoms with Crippen LogP contribution in [0.2, 0.25) is 10.0 Å². The number of nitrogens with zero attached hydrogens (tertiary/aromatic N) is 2. The maximum Gasteiger partial charge on any atom is 0.418 e. The van der Waals surface area contributed by atoms with Crippen LogP contribution < -0.4 is 18.8 Å². The molecule has 19 heteroatoms. The van der Waals surface area contributed by atoms with Gasteiger partial charge in [-0.25, -0.2) is 18.2 Å². The van der Waals surface area contributed by atoms with Gasteiger partial charge in [0.05, 0.1) is 42.9 Å². The SMILES string of the molecule is CS(=O)(=O)N(CCN1CCOCC1)c1cc(C(=O)O[C@@H](Cc2c(Cl)c[nH+]cc2Cl)c2ccc(OC(F)F)c(OCC3CC3)c2)ccc1C(F)(F)F.[OH-]. The number of rotatable bonds is 15. The van der Waals surface area contributed by atoms with E-state index in [9.17, 15) is 35.2 Å². The standard InChI is InChI=1S/C33H34Cl2F5N3O7S.H2O/c1-51(45,46)43(9-8-42-10-12-47-13-11-42)27-14-22(4-6-24(27)33(38,39)40)31(44)49-29(16-23-25(34)17-41-18-26(23)35)21-5-7-28(50-32(36)37)30(15-21)48-19-20-2-3-20;/h4-7,14-15,17-18,20,29,32H,2-3,8-13,16,19H2,1H3;1H2/t29-;/m0./s1. The molecule has 0 radical (unpaired) electrons. The topological polar surface area (TPSA) is 139 Å². The normalized spacial score (nSPS) is 15.9. The van der Waals surface area contributed by atoms with E-state index in [0.717, 1.165) is 31.2 Å². The van der Waals surface area contributed by atoms with Gasteiger partial charge in [-0.1, -0.05) is 29.3 Å². The smallest absolute Gasteiger partial charge is 0.418 e. The van der Waals surface area contributed by atoms with Crippen molar-refractivity contribution in [3.63, 3.8) is 0 Å². The molecule has 3 aromatic rings. The zero-order valence-corrected chi connectivity index (χ0v) is 30.0. The van der Waals surface area contributed by atoms with Gasteiger partial charge in [0, 0.05) is 38.2 Å². The summed E-state index contributed by atoms with van der Waals surface area (Å²) in [5.41, 5.74) is -1.83. The van der Waals surface area contributed by atoms with Gasteiger partial charge < -0.3 is 24.4 Å². The van der Waals surface area contributed by atoms with E-state index in [0.29, 0.717) is 42.2 Å².